The Labute approximate surface area is 174 Å². The molecule has 0 spiro atoms. The molecule has 4 heterocycles. The van der Waals surface area contributed by atoms with E-state index >= 15 is 0 Å². The van der Waals surface area contributed by atoms with Crippen LogP contribution in [-0.4, -0.2) is 74.3 Å². The zero-order valence-corrected chi connectivity index (χ0v) is 18.0. The number of rotatable bonds is 3. The molecule has 30 heavy (non-hydrogen) atoms. The van der Waals surface area contributed by atoms with Gasteiger partial charge in [0.05, 0.1) is 17.6 Å². The number of morpholine rings is 1. The molecular weight excluding hydrogens is 386 g/mol. The third kappa shape index (κ3) is 3.67. The molecule has 3 unspecified atom stereocenters. The summed E-state index contributed by atoms with van der Waals surface area (Å²) in [5, 5.41) is 0.324. The van der Waals surface area contributed by atoms with Gasteiger partial charge in [-0.1, -0.05) is 0 Å². The lowest BCUT2D eigenvalue weighted by Crippen LogP contribution is -2.51. The lowest BCUT2D eigenvalue weighted by Gasteiger charge is -2.38. The molecule has 0 radical (unpaired) electrons. The second kappa shape index (κ2) is 7.96. The Bertz CT molecular complexity index is 1080. The Morgan fingerprint density at radius 2 is 1.83 bits per heavy atom. The van der Waals surface area contributed by atoms with E-state index in [1.54, 1.807) is 19.2 Å². The minimum Gasteiger partial charge on any atom is -0.373 e. The van der Waals surface area contributed by atoms with Gasteiger partial charge in [-0.3, -0.25) is 23.6 Å². The molecule has 0 aliphatic carbocycles. The summed E-state index contributed by atoms with van der Waals surface area (Å²) in [6.07, 6.45) is 2.28. The fraction of sp³-hybridized carbons (Fsp3) is 0.619. The number of hydrogen-bond acceptors (Lipinski definition) is 6. The van der Waals surface area contributed by atoms with Crippen LogP contribution in [0.2, 0.25) is 0 Å². The van der Waals surface area contributed by atoms with Crippen molar-refractivity contribution < 1.29 is 9.53 Å². The maximum Gasteiger partial charge on any atom is 0.332 e. The zero-order chi connectivity index (χ0) is 21.6. The molecule has 2 aliphatic heterocycles. The molecule has 2 aromatic rings. The Kier molecular flexibility index (Phi) is 5.50. The molecule has 3 atom stereocenters. The maximum absolute atomic E-state index is 13.3. The number of carbonyl (C=O) groups excluding carboxylic acids is 1. The highest BCUT2D eigenvalue weighted by atomic mass is 16.5. The summed E-state index contributed by atoms with van der Waals surface area (Å²) in [4.78, 5) is 46.5. The first kappa shape index (κ1) is 20.7. The van der Waals surface area contributed by atoms with Crippen molar-refractivity contribution >= 4 is 16.9 Å². The molecule has 4 rings (SSSR count). The maximum atomic E-state index is 13.3. The molecule has 0 aromatic carbocycles. The minimum atomic E-state index is -0.459. The van der Waals surface area contributed by atoms with Crippen LogP contribution in [-0.2, 0) is 18.8 Å². The van der Waals surface area contributed by atoms with Gasteiger partial charge in [-0.15, -0.1) is 0 Å². The predicted molar refractivity (Wildman–Crippen MR) is 113 cm³/mol. The van der Waals surface area contributed by atoms with Crippen molar-refractivity contribution in [2.45, 2.75) is 44.9 Å². The van der Waals surface area contributed by atoms with Crippen LogP contribution >= 0.6 is 0 Å². The van der Waals surface area contributed by atoms with Crippen LogP contribution in [0.5, 0.6) is 0 Å². The van der Waals surface area contributed by atoms with E-state index in [4.69, 9.17) is 4.74 Å². The predicted octanol–water partition coefficient (Wildman–Crippen LogP) is 0.346. The second-order valence-electron chi connectivity index (χ2n) is 8.54. The topological polar surface area (TPSA) is 89.7 Å². The first-order valence-corrected chi connectivity index (χ1v) is 10.5. The molecule has 9 heteroatoms. The van der Waals surface area contributed by atoms with E-state index in [1.807, 2.05) is 4.90 Å². The first-order chi connectivity index (χ1) is 14.3. The van der Waals surface area contributed by atoms with Crippen LogP contribution in [0.25, 0.3) is 11.0 Å². The molecule has 2 fully saturated rings. The van der Waals surface area contributed by atoms with E-state index in [0.29, 0.717) is 11.9 Å². The number of nitrogens with zero attached hydrogens (tertiary/aromatic N) is 5. The van der Waals surface area contributed by atoms with E-state index in [0.717, 1.165) is 37.0 Å². The number of ether oxygens (including phenoxy) is 1. The monoisotopic (exact) mass is 415 g/mol. The summed E-state index contributed by atoms with van der Waals surface area (Å²) in [6.45, 7) is 7.39. The van der Waals surface area contributed by atoms with Gasteiger partial charge in [0.25, 0.3) is 11.5 Å². The lowest BCUT2D eigenvalue weighted by molar-refractivity contribution is -0.0715. The van der Waals surface area contributed by atoms with Crippen molar-refractivity contribution in [2.75, 3.05) is 26.2 Å². The number of likely N-dealkylation sites (tertiary alicyclic amines) is 1. The molecular formula is C21H29N5O4. The number of pyridine rings is 1. The molecule has 1 amide bonds. The Morgan fingerprint density at radius 1 is 1.13 bits per heavy atom. The van der Waals surface area contributed by atoms with Gasteiger partial charge in [-0.05, 0) is 38.8 Å². The van der Waals surface area contributed by atoms with Crippen LogP contribution in [0.1, 0.15) is 37.2 Å². The zero-order valence-electron chi connectivity index (χ0n) is 18.0. The van der Waals surface area contributed by atoms with Crippen LogP contribution in [0, 0.1) is 0 Å². The van der Waals surface area contributed by atoms with Crippen molar-refractivity contribution in [1.29, 1.82) is 0 Å². The Balaban J connectivity index is 1.59. The fourth-order valence-electron chi connectivity index (χ4n) is 4.74. The smallest absolute Gasteiger partial charge is 0.332 e. The van der Waals surface area contributed by atoms with Gasteiger partial charge in [0.15, 0.2) is 0 Å². The van der Waals surface area contributed by atoms with Crippen LogP contribution < -0.4 is 11.2 Å². The van der Waals surface area contributed by atoms with E-state index in [-0.39, 0.29) is 35.5 Å². The highest BCUT2D eigenvalue weighted by Crippen LogP contribution is 2.22. The third-order valence-corrected chi connectivity index (χ3v) is 6.12. The van der Waals surface area contributed by atoms with Crippen molar-refractivity contribution in [3.8, 4) is 0 Å². The van der Waals surface area contributed by atoms with E-state index in [9.17, 15) is 14.4 Å². The van der Waals surface area contributed by atoms with Gasteiger partial charge in [0.2, 0.25) is 0 Å². The second-order valence-corrected chi connectivity index (χ2v) is 8.54. The van der Waals surface area contributed by atoms with E-state index < -0.39 is 11.2 Å². The summed E-state index contributed by atoms with van der Waals surface area (Å²) >= 11 is 0. The summed E-state index contributed by atoms with van der Waals surface area (Å²) < 4.78 is 8.18. The summed E-state index contributed by atoms with van der Waals surface area (Å²) in [5.41, 5.74) is -0.365. The normalized spacial score (nSPS) is 25.2. The molecule has 162 valence electrons. The molecule has 0 saturated carbocycles. The quantitative estimate of drug-likeness (QED) is 0.719. The number of carbonyl (C=O) groups is 1. The van der Waals surface area contributed by atoms with E-state index in [2.05, 4.69) is 23.7 Å². The van der Waals surface area contributed by atoms with Crippen molar-refractivity contribution in [1.82, 2.24) is 23.9 Å². The minimum absolute atomic E-state index is 0.125. The third-order valence-electron chi connectivity index (χ3n) is 6.12. The molecule has 2 saturated heterocycles. The first-order valence-electron chi connectivity index (χ1n) is 10.5. The van der Waals surface area contributed by atoms with Crippen LogP contribution in [0.4, 0.5) is 0 Å². The highest BCUT2D eigenvalue weighted by Gasteiger charge is 2.33. The largest absolute Gasteiger partial charge is 0.373 e. The Morgan fingerprint density at radius 3 is 2.53 bits per heavy atom. The number of hydrogen-bond donors (Lipinski definition) is 0. The van der Waals surface area contributed by atoms with Crippen LogP contribution in [0.3, 0.4) is 0 Å². The molecule has 0 N–H and O–H groups in total. The van der Waals surface area contributed by atoms with Gasteiger partial charge in [-0.25, -0.2) is 9.78 Å². The number of aryl methyl sites for hydroxylation is 1. The molecule has 0 bridgehead atoms. The number of amides is 1. The van der Waals surface area contributed by atoms with E-state index in [1.165, 1.54) is 11.6 Å². The van der Waals surface area contributed by atoms with Gasteiger partial charge >= 0.3 is 5.69 Å². The van der Waals surface area contributed by atoms with Crippen molar-refractivity contribution in [3.63, 3.8) is 0 Å². The molecule has 9 nitrogen and oxygen atoms in total. The van der Waals surface area contributed by atoms with Gasteiger partial charge in [0.1, 0.15) is 11.3 Å². The lowest BCUT2D eigenvalue weighted by atomic mass is 10.1. The number of aromatic nitrogens is 3. The summed E-state index contributed by atoms with van der Waals surface area (Å²) in [7, 11) is 3.00. The van der Waals surface area contributed by atoms with Crippen molar-refractivity contribution in [3.05, 3.63) is 38.7 Å². The summed E-state index contributed by atoms with van der Waals surface area (Å²) in [6, 6.07) is 3.30. The summed E-state index contributed by atoms with van der Waals surface area (Å²) in [5.74, 6) is -0.151. The van der Waals surface area contributed by atoms with Gasteiger partial charge in [-0.2, -0.15) is 0 Å². The molecule has 2 aromatic heterocycles. The average Bonchev–Trinajstić information content (AvgIpc) is 3.16. The fourth-order valence-corrected chi connectivity index (χ4v) is 4.74. The SMILES string of the molecule is CC1CN(CC2CCCN2C(=O)c2ccc3c(=O)n(C)c(=O)n(C)c3n2)CC(C)O1. The van der Waals surface area contributed by atoms with Gasteiger partial charge in [0, 0.05) is 46.3 Å². The standard InChI is InChI=1S/C21H29N5O4/c1-13-10-25(11-14(2)30-13)12-15-6-5-9-26(15)20(28)17-8-7-16-18(22-17)23(3)21(29)24(4)19(16)27/h7-8,13-15H,5-6,9-12H2,1-4H3. The molecule has 2 aliphatic rings. The number of fused-ring (bicyclic) bond motifs is 1. The Hall–Kier alpha value is -2.52. The van der Waals surface area contributed by atoms with Crippen LogP contribution in [0.15, 0.2) is 21.7 Å². The van der Waals surface area contributed by atoms with Crippen molar-refractivity contribution in [2.24, 2.45) is 14.1 Å². The average molecular weight is 415 g/mol. The highest BCUT2D eigenvalue weighted by molar-refractivity contribution is 5.94. The van der Waals surface area contributed by atoms with Gasteiger partial charge < -0.3 is 9.64 Å².